The number of aliphatic hydroxyl groups is 1. The molecular formula is C27H37FO5. The van der Waals surface area contributed by atoms with Gasteiger partial charge in [0.15, 0.2) is 11.6 Å². The number of rotatable bonds is 6. The number of allylic oxidation sites excluding steroid dienone is 4. The van der Waals surface area contributed by atoms with Crippen molar-refractivity contribution in [1.29, 1.82) is 0 Å². The summed E-state index contributed by atoms with van der Waals surface area (Å²) in [5.74, 6) is -1.08. The van der Waals surface area contributed by atoms with Gasteiger partial charge in [-0.15, -0.1) is 0 Å². The Morgan fingerprint density at radius 1 is 1.27 bits per heavy atom. The summed E-state index contributed by atoms with van der Waals surface area (Å²) in [5, 5.41) is 11.4. The molecule has 0 radical (unpaired) electrons. The molecule has 0 aromatic rings. The molecule has 0 spiro atoms. The lowest BCUT2D eigenvalue weighted by molar-refractivity contribution is -0.155. The molecule has 33 heavy (non-hydrogen) atoms. The minimum atomic E-state index is -1.23. The quantitative estimate of drug-likeness (QED) is 0.595. The first-order valence-electron chi connectivity index (χ1n) is 12.5. The smallest absolute Gasteiger partial charge is 0.306 e. The van der Waals surface area contributed by atoms with E-state index in [9.17, 15) is 19.5 Å². The molecule has 1 N–H and O–H groups in total. The predicted octanol–water partition coefficient (Wildman–Crippen LogP) is 4.38. The van der Waals surface area contributed by atoms with Crippen molar-refractivity contribution >= 4 is 17.5 Å². The summed E-state index contributed by atoms with van der Waals surface area (Å²) >= 11 is 0. The van der Waals surface area contributed by atoms with E-state index >= 15 is 4.39 Å². The topological polar surface area (TPSA) is 80.7 Å². The number of fused-ring (bicyclic) bond motifs is 5. The van der Waals surface area contributed by atoms with Crippen molar-refractivity contribution in [2.24, 2.45) is 40.4 Å². The van der Waals surface area contributed by atoms with E-state index in [-0.39, 0.29) is 60.2 Å². The zero-order valence-electron chi connectivity index (χ0n) is 20.2. The SMILES string of the molecule is CCCCC(=O)OCC(=O)[C@H]1[C@H](C)C[C@H]2[C@@H]3C[C@H](F)C4=CC(=O)C=C[C@]4(C)[C@H]3[C@@H](O)C[C@@]21C. The molecule has 4 aliphatic rings. The molecule has 4 aliphatic carbocycles. The van der Waals surface area contributed by atoms with E-state index in [1.807, 2.05) is 13.8 Å². The number of ketones is 2. The van der Waals surface area contributed by atoms with Gasteiger partial charge in [0.2, 0.25) is 0 Å². The molecule has 0 heterocycles. The van der Waals surface area contributed by atoms with Crippen LogP contribution in [0.1, 0.15) is 66.2 Å². The number of alkyl halides is 1. The van der Waals surface area contributed by atoms with Gasteiger partial charge in [-0.05, 0) is 66.6 Å². The van der Waals surface area contributed by atoms with Crippen molar-refractivity contribution in [2.45, 2.75) is 78.5 Å². The second-order valence-corrected chi connectivity index (χ2v) is 11.3. The molecule has 0 amide bonds. The van der Waals surface area contributed by atoms with E-state index in [2.05, 4.69) is 13.8 Å². The summed E-state index contributed by atoms with van der Waals surface area (Å²) < 4.78 is 20.7. The third-order valence-electron chi connectivity index (χ3n) is 9.27. The second-order valence-electron chi connectivity index (χ2n) is 11.3. The maximum absolute atomic E-state index is 15.4. The lowest BCUT2D eigenvalue weighted by atomic mass is 9.46. The van der Waals surface area contributed by atoms with Crippen LogP contribution in [0.25, 0.3) is 0 Å². The van der Waals surface area contributed by atoms with Gasteiger partial charge in [0.25, 0.3) is 0 Å². The number of aliphatic hydroxyl groups excluding tert-OH is 1. The van der Waals surface area contributed by atoms with Gasteiger partial charge in [-0.25, -0.2) is 4.39 Å². The Hall–Kier alpha value is -1.82. The fourth-order valence-corrected chi connectivity index (χ4v) is 8.02. The Labute approximate surface area is 195 Å². The van der Waals surface area contributed by atoms with Crippen LogP contribution < -0.4 is 0 Å². The number of esters is 1. The van der Waals surface area contributed by atoms with Crippen LogP contribution in [0.2, 0.25) is 0 Å². The van der Waals surface area contributed by atoms with E-state index in [4.69, 9.17) is 4.74 Å². The molecule has 9 atom stereocenters. The van der Waals surface area contributed by atoms with Crippen LogP contribution in [-0.4, -0.2) is 41.5 Å². The predicted molar refractivity (Wildman–Crippen MR) is 122 cm³/mol. The number of Topliss-reactive ketones (excluding diaryl/α,β-unsaturated/α-hetero) is 1. The van der Waals surface area contributed by atoms with Crippen molar-refractivity contribution in [2.75, 3.05) is 6.61 Å². The minimum absolute atomic E-state index is 0.0686. The fraction of sp³-hybridized carbons (Fsp3) is 0.741. The van der Waals surface area contributed by atoms with Crippen LogP contribution in [-0.2, 0) is 19.1 Å². The maximum atomic E-state index is 15.4. The van der Waals surface area contributed by atoms with E-state index in [1.165, 1.54) is 12.2 Å². The van der Waals surface area contributed by atoms with Gasteiger partial charge < -0.3 is 9.84 Å². The molecule has 3 fully saturated rings. The Balaban J connectivity index is 1.58. The first-order chi connectivity index (χ1) is 15.5. The highest BCUT2D eigenvalue weighted by atomic mass is 19.1. The Kier molecular flexibility index (Phi) is 6.45. The number of halogens is 1. The first-order valence-corrected chi connectivity index (χ1v) is 12.5. The largest absolute Gasteiger partial charge is 0.458 e. The summed E-state index contributed by atoms with van der Waals surface area (Å²) in [6.45, 7) is 7.81. The molecule has 0 aromatic carbocycles. The number of ether oxygens (including phenoxy) is 1. The number of carbonyl (C=O) groups is 3. The van der Waals surface area contributed by atoms with Crippen LogP contribution in [0.15, 0.2) is 23.8 Å². The molecule has 0 bridgehead atoms. The normalized spacial score (nSPS) is 43.9. The molecular weight excluding hydrogens is 423 g/mol. The highest BCUT2D eigenvalue weighted by Gasteiger charge is 2.65. The van der Waals surface area contributed by atoms with Gasteiger partial charge in [-0.1, -0.05) is 40.2 Å². The molecule has 5 nitrogen and oxygen atoms in total. The summed E-state index contributed by atoms with van der Waals surface area (Å²) in [7, 11) is 0. The van der Waals surface area contributed by atoms with Crippen molar-refractivity contribution in [1.82, 2.24) is 0 Å². The van der Waals surface area contributed by atoms with E-state index in [0.29, 0.717) is 18.4 Å². The minimum Gasteiger partial charge on any atom is -0.458 e. The maximum Gasteiger partial charge on any atom is 0.306 e. The first kappa shape index (κ1) is 24.3. The highest BCUT2D eigenvalue weighted by Crippen LogP contribution is 2.67. The number of hydrogen-bond donors (Lipinski definition) is 1. The zero-order chi connectivity index (χ0) is 24.1. The van der Waals surface area contributed by atoms with Gasteiger partial charge >= 0.3 is 5.97 Å². The molecule has 182 valence electrons. The van der Waals surface area contributed by atoms with Crippen molar-refractivity contribution in [3.05, 3.63) is 23.8 Å². The molecule has 0 aromatic heterocycles. The summed E-state index contributed by atoms with van der Waals surface area (Å²) in [4.78, 5) is 37.1. The second kappa shape index (κ2) is 8.75. The fourth-order valence-electron chi connectivity index (χ4n) is 8.02. The van der Waals surface area contributed by atoms with Crippen LogP contribution in [0.5, 0.6) is 0 Å². The van der Waals surface area contributed by atoms with Crippen molar-refractivity contribution in [3.8, 4) is 0 Å². The number of hydrogen-bond acceptors (Lipinski definition) is 5. The Morgan fingerprint density at radius 2 is 2.00 bits per heavy atom. The third-order valence-corrected chi connectivity index (χ3v) is 9.27. The standard InChI is InChI=1S/C27H37FO5/c1-5-6-7-23(32)33-14-22(31)24-15(2)10-18-17-12-20(28)19-11-16(29)8-9-26(19,3)25(17)21(30)13-27(18,24)4/h8-9,11,15,17-18,20-21,24-25,30H,5-7,10,12-14H2,1-4H3/t15-,17+,18+,20+,21+,24-,25-,26+,27+/m1/s1. The van der Waals surface area contributed by atoms with E-state index in [0.717, 1.165) is 19.3 Å². The zero-order valence-corrected chi connectivity index (χ0v) is 20.2. The molecule has 3 saturated carbocycles. The Morgan fingerprint density at radius 3 is 2.70 bits per heavy atom. The average Bonchev–Trinajstić information content (AvgIpc) is 3.01. The summed E-state index contributed by atoms with van der Waals surface area (Å²) in [6, 6.07) is 0. The lowest BCUT2D eigenvalue weighted by Gasteiger charge is -2.59. The number of unbranched alkanes of at least 4 members (excludes halogenated alkanes) is 1. The third kappa shape index (κ3) is 3.92. The van der Waals surface area contributed by atoms with Gasteiger partial charge in [0, 0.05) is 23.7 Å². The molecule has 6 heteroatoms. The van der Waals surface area contributed by atoms with Gasteiger partial charge in [-0.3, -0.25) is 14.4 Å². The Bertz CT molecular complexity index is 893. The van der Waals surface area contributed by atoms with E-state index < -0.39 is 23.1 Å². The van der Waals surface area contributed by atoms with Crippen LogP contribution >= 0.6 is 0 Å². The van der Waals surface area contributed by atoms with Crippen molar-refractivity contribution < 1.29 is 28.6 Å². The molecule has 4 rings (SSSR count). The summed E-state index contributed by atoms with van der Waals surface area (Å²) in [5.41, 5.74) is -0.688. The van der Waals surface area contributed by atoms with Gasteiger partial charge in [0.05, 0.1) is 6.10 Å². The lowest BCUT2D eigenvalue weighted by Crippen LogP contribution is -2.58. The van der Waals surface area contributed by atoms with Crippen LogP contribution in [0.3, 0.4) is 0 Å². The number of carbonyl (C=O) groups excluding carboxylic acids is 3. The van der Waals surface area contributed by atoms with E-state index in [1.54, 1.807) is 6.08 Å². The van der Waals surface area contributed by atoms with Crippen molar-refractivity contribution in [3.63, 3.8) is 0 Å². The summed E-state index contributed by atoms with van der Waals surface area (Å²) in [6.07, 6.45) is 6.20. The molecule has 0 unspecified atom stereocenters. The van der Waals surface area contributed by atoms with Crippen LogP contribution in [0, 0.1) is 40.4 Å². The molecule has 0 aliphatic heterocycles. The monoisotopic (exact) mass is 460 g/mol. The highest BCUT2D eigenvalue weighted by molar-refractivity contribution is 6.01. The average molecular weight is 461 g/mol. The van der Waals surface area contributed by atoms with Gasteiger partial charge in [0.1, 0.15) is 12.8 Å². The van der Waals surface area contributed by atoms with Crippen LogP contribution in [0.4, 0.5) is 4.39 Å². The molecule has 0 saturated heterocycles. The van der Waals surface area contributed by atoms with Gasteiger partial charge in [-0.2, -0.15) is 0 Å².